The molecule has 0 fully saturated rings. The molecule has 2 aromatic carbocycles. The molecule has 4 nitrogen and oxygen atoms in total. The number of hydrogen-bond donors (Lipinski definition) is 2. The molecule has 0 unspecified atom stereocenters. The molecular weight excluding hydrogens is 406 g/mol. The molecule has 1 aliphatic carbocycles. The Morgan fingerprint density at radius 3 is 2.36 bits per heavy atom. The van der Waals surface area contributed by atoms with Crippen LogP contribution in [-0.4, -0.2) is 16.6 Å². The Morgan fingerprint density at radius 1 is 1.00 bits per heavy atom. The number of nitrogens with one attached hydrogen (secondary N) is 1. The number of aromatic nitrogens is 1. The Balaban J connectivity index is 1.78. The summed E-state index contributed by atoms with van der Waals surface area (Å²) in [6, 6.07) is 16.2. The fraction of sp³-hybridized carbons (Fsp3) is 0.241. The van der Waals surface area contributed by atoms with Gasteiger partial charge in [-0.1, -0.05) is 43.3 Å². The lowest BCUT2D eigenvalue weighted by atomic mass is 9.87. The number of carbonyl (C=O) groups is 1. The van der Waals surface area contributed by atoms with Crippen LogP contribution in [0.5, 0.6) is 0 Å². The smallest absolute Gasteiger partial charge is 0.248 e. The van der Waals surface area contributed by atoms with Crippen LogP contribution in [0.1, 0.15) is 65.5 Å². The summed E-state index contributed by atoms with van der Waals surface area (Å²) in [5, 5.41) is 0. The summed E-state index contributed by atoms with van der Waals surface area (Å²) < 4.78 is 0. The van der Waals surface area contributed by atoms with E-state index in [-0.39, 0.29) is 0 Å². The Bertz CT molecular complexity index is 1380. The van der Waals surface area contributed by atoms with Gasteiger partial charge in [0.25, 0.3) is 0 Å². The zero-order valence-corrected chi connectivity index (χ0v) is 19.7. The third-order valence-electron chi connectivity index (χ3n) is 7.13. The summed E-state index contributed by atoms with van der Waals surface area (Å²) >= 11 is 0. The predicted octanol–water partition coefficient (Wildman–Crippen LogP) is 6.15. The first-order valence-electron chi connectivity index (χ1n) is 11.6. The third-order valence-corrected chi connectivity index (χ3v) is 7.13. The zero-order chi connectivity index (χ0) is 23.3. The first-order valence-corrected chi connectivity index (χ1v) is 11.6. The average molecular weight is 436 g/mol. The number of rotatable bonds is 4. The van der Waals surface area contributed by atoms with Gasteiger partial charge in [0.1, 0.15) is 0 Å². The Morgan fingerprint density at radius 2 is 1.70 bits per heavy atom. The van der Waals surface area contributed by atoms with Crippen molar-refractivity contribution in [2.45, 2.75) is 47.0 Å². The molecule has 2 heterocycles. The van der Waals surface area contributed by atoms with Gasteiger partial charge >= 0.3 is 0 Å². The van der Waals surface area contributed by atoms with Gasteiger partial charge in [0, 0.05) is 28.1 Å². The number of allylic oxidation sites excluding steroid dienone is 2. The van der Waals surface area contributed by atoms with Crippen molar-refractivity contribution >= 4 is 17.2 Å². The van der Waals surface area contributed by atoms with E-state index >= 15 is 0 Å². The maximum absolute atomic E-state index is 11.7. The average Bonchev–Trinajstić information content (AvgIpc) is 3.30. The summed E-state index contributed by atoms with van der Waals surface area (Å²) in [6.07, 6.45) is 3.03. The summed E-state index contributed by atoms with van der Waals surface area (Å²) in [5.74, 6) is -0.419. The first-order chi connectivity index (χ1) is 15.9. The van der Waals surface area contributed by atoms with Gasteiger partial charge < -0.3 is 10.7 Å². The van der Waals surface area contributed by atoms with Gasteiger partial charge in [-0.3, -0.25) is 9.79 Å². The largest absolute Gasteiger partial charge is 0.366 e. The zero-order valence-electron chi connectivity index (χ0n) is 19.7. The van der Waals surface area contributed by atoms with E-state index in [0.29, 0.717) is 5.56 Å². The number of benzene rings is 2. The number of aromatic amines is 1. The van der Waals surface area contributed by atoms with Crippen LogP contribution in [0.3, 0.4) is 0 Å². The number of H-pyrrole nitrogens is 1. The molecule has 2 aliphatic rings. The molecule has 3 N–H and O–H groups in total. The second-order valence-electron chi connectivity index (χ2n) is 8.96. The van der Waals surface area contributed by atoms with Gasteiger partial charge in [-0.05, 0) is 85.6 Å². The molecule has 0 atom stereocenters. The highest BCUT2D eigenvalue weighted by molar-refractivity contribution is 6.05. The topological polar surface area (TPSA) is 71.2 Å². The van der Waals surface area contributed by atoms with Crippen LogP contribution in [0.2, 0.25) is 0 Å². The van der Waals surface area contributed by atoms with Crippen molar-refractivity contribution in [3.63, 3.8) is 0 Å². The van der Waals surface area contributed by atoms with Crippen molar-refractivity contribution in [1.82, 2.24) is 4.98 Å². The Labute approximate surface area is 195 Å². The molecule has 4 heteroatoms. The van der Waals surface area contributed by atoms with Crippen LogP contribution in [0.15, 0.2) is 70.4 Å². The van der Waals surface area contributed by atoms with Crippen molar-refractivity contribution in [2.75, 3.05) is 0 Å². The molecule has 0 spiro atoms. The second-order valence-corrected chi connectivity index (χ2v) is 8.96. The molecule has 33 heavy (non-hydrogen) atoms. The number of nitrogens with two attached hydrogens (primary N) is 1. The molecule has 1 amide bonds. The van der Waals surface area contributed by atoms with Crippen LogP contribution in [0.25, 0.3) is 16.8 Å². The monoisotopic (exact) mass is 435 g/mol. The predicted molar refractivity (Wildman–Crippen MR) is 135 cm³/mol. The van der Waals surface area contributed by atoms with E-state index in [1.54, 1.807) is 12.1 Å². The number of hydrogen-bond acceptors (Lipinski definition) is 2. The highest BCUT2D eigenvalue weighted by Crippen LogP contribution is 2.42. The van der Waals surface area contributed by atoms with E-state index in [1.165, 1.54) is 39.1 Å². The molecule has 0 bridgehead atoms. The number of primary amides is 1. The van der Waals surface area contributed by atoms with E-state index in [9.17, 15) is 4.79 Å². The highest BCUT2D eigenvalue weighted by Gasteiger charge is 2.27. The number of aryl methyl sites for hydroxylation is 1. The molecule has 0 saturated carbocycles. The van der Waals surface area contributed by atoms with E-state index in [2.05, 4.69) is 56.9 Å². The van der Waals surface area contributed by atoms with Crippen molar-refractivity contribution in [1.29, 1.82) is 0 Å². The van der Waals surface area contributed by atoms with Crippen molar-refractivity contribution < 1.29 is 4.79 Å². The Hall–Kier alpha value is -3.66. The molecule has 0 saturated heterocycles. The minimum absolute atomic E-state index is 0.419. The van der Waals surface area contributed by atoms with Gasteiger partial charge in [0.2, 0.25) is 5.91 Å². The lowest BCUT2D eigenvalue weighted by Gasteiger charge is -2.16. The number of amides is 1. The summed E-state index contributed by atoms with van der Waals surface area (Å²) in [4.78, 5) is 20.5. The van der Waals surface area contributed by atoms with E-state index in [1.807, 2.05) is 12.1 Å². The molecule has 0 radical (unpaired) electrons. The SMILES string of the molecule is CCC1=C(C)/C(=C(\c2ccc(C(N)=O)cc2)c2[nH]c3c(c2C)CCc2ccccc2-3)N=C1C. The maximum Gasteiger partial charge on any atom is 0.248 e. The summed E-state index contributed by atoms with van der Waals surface area (Å²) in [6.45, 7) is 8.64. The molecule has 1 aromatic heterocycles. The van der Waals surface area contributed by atoms with Crippen LogP contribution in [0.4, 0.5) is 0 Å². The molecule has 5 rings (SSSR count). The lowest BCUT2D eigenvalue weighted by molar-refractivity contribution is 0.100. The number of carbonyl (C=O) groups excluding carboxylic acids is 1. The van der Waals surface area contributed by atoms with Gasteiger partial charge in [0.05, 0.1) is 11.4 Å². The minimum atomic E-state index is -0.419. The molecule has 3 aromatic rings. The lowest BCUT2D eigenvalue weighted by Crippen LogP contribution is -2.10. The van der Waals surface area contributed by atoms with E-state index in [4.69, 9.17) is 10.7 Å². The first kappa shape index (κ1) is 21.2. The van der Waals surface area contributed by atoms with Crippen LogP contribution in [0, 0.1) is 6.92 Å². The van der Waals surface area contributed by atoms with E-state index < -0.39 is 5.91 Å². The van der Waals surface area contributed by atoms with Crippen molar-refractivity contribution in [3.05, 3.63) is 98.9 Å². The molecular formula is C29H29N3O. The fourth-order valence-corrected chi connectivity index (χ4v) is 5.37. The van der Waals surface area contributed by atoms with Crippen molar-refractivity contribution in [2.24, 2.45) is 10.7 Å². The Kier molecular flexibility index (Phi) is 5.16. The molecule has 166 valence electrons. The molecule has 1 aliphatic heterocycles. The summed E-state index contributed by atoms with van der Waals surface area (Å²) in [7, 11) is 0. The fourth-order valence-electron chi connectivity index (χ4n) is 5.37. The summed E-state index contributed by atoms with van der Waals surface area (Å²) in [5.41, 5.74) is 20.4. The number of fused-ring (bicyclic) bond motifs is 3. The standard InChI is InChI=1S/C29H29N3O/c1-5-22-16(2)26(31-18(22)4)25(20-10-12-21(13-11-20)29(30)33)27-17(3)23-15-14-19-8-6-7-9-24(19)28(23)32-27/h6-13,32H,5,14-15H2,1-4H3,(H2,30,33)/b26-25-. The third kappa shape index (κ3) is 3.37. The normalized spacial score (nSPS) is 16.4. The highest BCUT2D eigenvalue weighted by atomic mass is 16.1. The quantitative estimate of drug-likeness (QED) is 0.507. The van der Waals surface area contributed by atoms with Crippen LogP contribution < -0.4 is 5.73 Å². The van der Waals surface area contributed by atoms with Gasteiger partial charge in [-0.15, -0.1) is 0 Å². The maximum atomic E-state index is 11.7. The van der Waals surface area contributed by atoms with E-state index in [0.717, 1.165) is 47.5 Å². The second kappa shape index (κ2) is 8.04. The van der Waals surface area contributed by atoms with Gasteiger partial charge in [0.15, 0.2) is 0 Å². The van der Waals surface area contributed by atoms with Crippen LogP contribution in [-0.2, 0) is 12.8 Å². The van der Waals surface area contributed by atoms with Crippen LogP contribution >= 0.6 is 0 Å². The number of nitrogens with zero attached hydrogens (tertiary/aromatic N) is 1. The van der Waals surface area contributed by atoms with Gasteiger partial charge in [-0.2, -0.15) is 0 Å². The van der Waals surface area contributed by atoms with Gasteiger partial charge in [-0.25, -0.2) is 0 Å². The van der Waals surface area contributed by atoms with Crippen molar-refractivity contribution in [3.8, 4) is 11.3 Å². The number of aliphatic imine (C=N–C) groups is 1. The minimum Gasteiger partial charge on any atom is -0.366 e.